The van der Waals surface area contributed by atoms with E-state index in [1.165, 1.54) is 17.7 Å². The van der Waals surface area contributed by atoms with Crippen LogP contribution >= 0.6 is 15.9 Å². The number of halogens is 1. The van der Waals surface area contributed by atoms with E-state index in [0.717, 1.165) is 18.6 Å². The van der Waals surface area contributed by atoms with Crippen LogP contribution in [0.3, 0.4) is 0 Å². The van der Waals surface area contributed by atoms with Crippen molar-refractivity contribution in [2.75, 3.05) is 0 Å². The molecule has 0 aromatic heterocycles. The van der Waals surface area contributed by atoms with Gasteiger partial charge in [-0.3, -0.25) is 0 Å². The fraction of sp³-hybridized carbons (Fsp3) is 0.188. The van der Waals surface area contributed by atoms with Crippen molar-refractivity contribution in [3.63, 3.8) is 0 Å². The SMILES string of the molecule is CCCc1ccc(Oc2ccc(C(=O)O)cc2Br)cc1. The molecule has 0 saturated heterocycles. The number of hydrogen-bond acceptors (Lipinski definition) is 2. The molecule has 0 amide bonds. The highest BCUT2D eigenvalue weighted by Crippen LogP contribution is 2.30. The summed E-state index contributed by atoms with van der Waals surface area (Å²) in [5, 5.41) is 8.91. The molecule has 0 saturated carbocycles. The quantitative estimate of drug-likeness (QED) is 0.846. The highest BCUT2D eigenvalue weighted by atomic mass is 79.9. The molecule has 2 aromatic rings. The Labute approximate surface area is 126 Å². The van der Waals surface area contributed by atoms with E-state index in [4.69, 9.17) is 9.84 Å². The number of hydrogen-bond donors (Lipinski definition) is 1. The van der Waals surface area contributed by atoms with Crippen LogP contribution in [0.2, 0.25) is 0 Å². The van der Waals surface area contributed by atoms with Gasteiger partial charge in [0.15, 0.2) is 0 Å². The van der Waals surface area contributed by atoms with Crippen molar-refractivity contribution < 1.29 is 14.6 Å². The Morgan fingerprint density at radius 1 is 1.20 bits per heavy atom. The van der Waals surface area contributed by atoms with E-state index < -0.39 is 5.97 Å². The minimum Gasteiger partial charge on any atom is -0.478 e. The van der Waals surface area contributed by atoms with Crippen LogP contribution in [0.25, 0.3) is 0 Å². The van der Waals surface area contributed by atoms with Crippen molar-refractivity contribution >= 4 is 21.9 Å². The third-order valence-corrected chi connectivity index (χ3v) is 3.49. The van der Waals surface area contributed by atoms with Crippen molar-refractivity contribution in [1.82, 2.24) is 0 Å². The summed E-state index contributed by atoms with van der Waals surface area (Å²) in [6.45, 7) is 2.14. The number of carboxylic acids is 1. The van der Waals surface area contributed by atoms with Crippen LogP contribution in [0.4, 0.5) is 0 Å². The molecular weight excluding hydrogens is 320 g/mol. The second kappa shape index (κ2) is 6.57. The van der Waals surface area contributed by atoms with Crippen LogP contribution < -0.4 is 4.74 Å². The number of carbonyl (C=O) groups is 1. The molecule has 0 bridgehead atoms. The molecule has 0 aliphatic heterocycles. The topological polar surface area (TPSA) is 46.5 Å². The zero-order valence-electron chi connectivity index (χ0n) is 11.1. The van der Waals surface area contributed by atoms with Crippen molar-refractivity contribution in [2.45, 2.75) is 19.8 Å². The molecular formula is C16H15BrO3. The normalized spacial score (nSPS) is 10.3. The van der Waals surface area contributed by atoms with E-state index in [1.807, 2.05) is 24.3 Å². The first-order chi connectivity index (χ1) is 9.60. The molecule has 2 rings (SSSR count). The molecule has 0 atom stereocenters. The predicted octanol–water partition coefficient (Wildman–Crippen LogP) is 4.89. The Bertz CT molecular complexity index is 606. The van der Waals surface area contributed by atoms with Gasteiger partial charge in [0.2, 0.25) is 0 Å². The Morgan fingerprint density at radius 3 is 2.45 bits per heavy atom. The molecule has 104 valence electrons. The van der Waals surface area contributed by atoms with Crippen LogP contribution in [0.1, 0.15) is 29.3 Å². The van der Waals surface area contributed by atoms with Crippen LogP contribution in [-0.2, 0) is 6.42 Å². The minimum absolute atomic E-state index is 0.225. The Morgan fingerprint density at radius 2 is 1.90 bits per heavy atom. The number of carboxylic acid groups (broad SMARTS) is 1. The van der Waals surface area contributed by atoms with E-state index in [2.05, 4.69) is 22.9 Å². The van der Waals surface area contributed by atoms with E-state index in [-0.39, 0.29) is 5.56 Å². The third-order valence-electron chi connectivity index (χ3n) is 2.87. The molecule has 20 heavy (non-hydrogen) atoms. The average Bonchev–Trinajstić information content (AvgIpc) is 2.43. The van der Waals surface area contributed by atoms with Crippen molar-refractivity contribution in [3.05, 3.63) is 58.1 Å². The van der Waals surface area contributed by atoms with E-state index >= 15 is 0 Å². The lowest BCUT2D eigenvalue weighted by atomic mass is 10.1. The van der Waals surface area contributed by atoms with Crippen LogP contribution in [0, 0.1) is 0 Å². The summed E-state index contributed by atoms with van der Waals surface area (Å²) in [6.07, 6.45) is 2.17. The molecule has 0 heterocycles. The Kier molecular flexibility index (Phi) is 4.79. The fourth-order valence-electron chi connectivity index (χ4n) is 1.86. The number of aromatic carboxylic acids is 1. The second-order valence-corrected chi connectivity index (χ2v) is 5.30. The number of aryl methyl sites for hydroxylation is 1. The Balaban J connectivity index is 2.15. The average molecular weight is 335 g/mol. The summed E-state index contributed by atoms with van der Waals surface area (Å²) in [5.74, 6) is 0.369. The summed E-state index contributed by atoms with van der Waals surface area (Å²) in [5.41, 5.74) is 1.50. The molecule has 0 radical (unpaired) electrons. The zero-order chi connectivity index (χ0) is 14.5. The molecule has 0 aliphatic rings. The van der Waals surface area contributed by atoms with Gasteiger partial charge in [-0.05, 0) is 58.2 Å². The monoisotopic (exact) mass is 334 g/mol. The van der Waals surface area contributed by atoms with Crippen molar-refractivity contribution in [2.24, 2.45) is 0 Å². The van der Waals surface area contributed by atoms with Crippen LogP contribution in [0.15, 0.2) is 46.9 Å². The van der Waals surface area contributed by atoms with Crippen molar-refractivity contribution in [1.29, 1.82) is 0 Å². The maximum absolute atomic E-state index is 10.9. The van der Waals surface area contributed by atoms with Crippen LogP contribution in [0.5, 0.6) is 11.5 Å². The lowest BCUT2D eigenvalue weighted by molar-refractivity contribution is 0.0697. The van der Waals surface area contributed by atoms with E-state index in [1.54, 1.807) is 6.07 Å². The minimum atomic E-state index is -0.957. The van der Waals surface area contributed by atoms with Gasteiger partial charge in [0, 0.05) is 0 Å². The summed E-state index contributed by atoms with van der Waals surface area (Å²) in [6, 6.07) is 12.6. The first-order valence-electron chi connectivity index (χ1n) is 6.40. The molecule has 1 N–H and O–H groups in total. The smallest absolute Gasteiger partial charge is 0.335 e. The highest BCUT2D eigenvalue weighted by molar-refractivity contribution is 9.10. The van der Waals surface area contributed by atoms with Gasteiger partial charge in [-0.25, -0.2) is 4.79 Å². The molecule has 3 nitrogen and oxygen atoms in total. The summed E-state index contributed by atoms with van der Waals surface area (Å²) >= 11 is 3.32. The van der Waals surface area contributed by atoms with Gasteiger partial charge >= 0.3 is 5.97 Å². The van der Waals surface area contributed by atoms with Gasteiger partial charge in [-0.15, -0.1) is 0 Å². The molecule has 0 spiro atoms. The summed E-state index contributed by atoms with van der Waals surface area (Å²) < 4.78 is 6.36. The van der Waals surface area contributed by atoms with Crippen molar-refractivity contribution in [3.8, 4) is 11.5 Å². The lowest BCUT2D eigenvalue weighted by Gasteiger charge is -2.09. The summed E-state index contributed by atoms with van der Waals surface area (Å²) in [4.78, 5) is 10.9. The first-order valence-corrected chi connectivity index (χ1v) is 7.19. The van der Waals surface area contributed by atoms with Gasteiger partial charge in [-0.1, -0.05) is 25.5 Å². The van der Waals surface area contributed by atoms with Gasteiger partial charge in [0.05, 0.1) is 10.0 Å². The molecule has 0 fully saturated rings. The van der Waals surface area contributed by atoms with Crippen LogP contribution in [-0.4, -0.2) is 11.1 Å². The molecule has 2 aromatic carbocycles. The second-order valence-electron chi connectivity index (χ2n) is 4.45. The largest absolute Gasteiger partial charge is 0.478 e. The zero-order valence-corrected chi connectivity index (χ0v) is 12.7. The lowest BCUT2D eigenvalue weighted by Crippen LogP contribution is -1.96. The first kappa shape index (κ1) is 14.6. The number of rotatable bonds is 5. The standard InChI is InChI=1S/C16H15BrO3/c1-2-3-11-4-7-13(8-5-11)20-15-9-6-12(16(18)19)10-14(15)17/h4-10H,2-3H2,1H3,(H,18,19). The van der Waals surface area contributed by atoms with Gasteiger partial charge in [0.25, 0.3) is 0 Å². The van der Waals surface area contributed by atoms with Gasteiger partial charge in [-0.2, -0.15) is 0 Å². The number of benzene rings is 2. The fourth-order valence-corrected chi connectivity index (χ4v) is 2.32. The summed E-state index contributed by atoms with van der Waals surface area (Å²) in [7, 11) is 0. The van der Waals surface area contributed by atoms with E-state index in [0.29, 0.717) is 10.2 Å². The molecule has 0 aliphatic carbocycles. The molecule has 0 unspecified atom stereocenters. The van der Waals surface area contributed by atoms with Gasteiger partial charge in [0.1, 0.15) is 11.5 Å². The highest BCUT2D eigenvalue weighted by Gasteiger charge is 2.08. The van der Waals surface area contributed by atoms with E-state index in [9.17, 15) is 4.79 Å². The van der Waals surface area contributed by atoms with Gasteiger partial charge < -0.3 is 9.84 Å². The number of ether oxygens (including phenoxy) is 1. The molecule has 4 heteroatoms. The third kappa shape index (κ3) is 3.61. The maximum Gasteiger partial charge on any atom is 0.335 e. The Hall–Kier alpha value is -1.81. The maximum atomic E-state index is 10.9. The predicted molar refractivity (Wildman–Crippen MR) is 81.6 cm³/mol.